The van der Waals surface area contributed by atoms with Crippen LogP contribution in [0.25, 0.3) is 6.08 Å². The summed E-state index contributed by atoms with van der Waals surface area (Å²) in [5.41, 5.74) is 2.26. The summed E-state index contributed by atoms with van der Waals surface area (Å²) < 4.78 is 16.9. The number of amides is 3. The Morgan fingerprint density at radius 1 is 1.16 bits per heavy atom. The molecule has 2 fully saturated rings. The zero-order valence-electron chi connectivity index (χ0n) is 20.7. The van der Waals surface area contributed by atoms with Crippen molar-refractivity contribution >= 4 is 58.1 Å². The molecule has 2 heterocycles. The molecule has 3 amide bonds. The topological polar surface area (TPSA) is 85.4 Å². The van der Waals surface area contributed by atoms with Gasteiger partial charge in [0.05, 0.1) is 35.3 Å². The average molecular weight is 577 g/mol. The lowest BCUT2D eigenvalue weighted by Crippen LogP contribution is -2.46. The van der Waals surface area contributed by atoms with E-state index >= 15 is 0 Å². The second-order valence-corrected chi connectivity index (χ2v) is 10.3. The monoisotopic (exact) mass is 576 g/mol. The Labute approximate surface area is 235 Å². The number of allylic oxidation sites excluding steroid dienone is 1. The average Bonchev–Trinajstić information content (AvgIpc) is 3.17. The van der Waals surface area contributed by atoms with E-state index in [-0.39, 0.29) is 24.0 Å². The van der Waals surface area contributed by atoms with E-state index in [2.05, 4.69) is 6.58 Å². The number of rotatable bonds is 9. The zero-order valence-corrected chi connectivity index (χ0v) is 23.0. The summed E-state index contributed by atoms with van der Waals surface area (Å²) in [6.07, 6.45) is 3.82. The van der Waals surface area contributed by atoms with Gasteiger partial charge in [0.15, 0.2) is 11.5 Å². The van der Waals surface area contributed by atoms with Gasteiger partial charge in [0.25, 0.3) is 11.1 Å². The van der Waals surface area contributed by atoms with E-state index < -0.39 is 11.1 Å². The first-order valence-corrected chi connectivity index (χ1v) is 13.4. The van der Waals surface area contributed by atoms with Crippen LogP contribution in [0.4, 0.5) is 4.79 Å². The van der Waals surface area contributed by atoms with Gasteiger partial charge in [-0.25, -0.2) is 0 Å². The van der Waals surface area contributed by atoms with Gasteiger partial charge in [-0.1, -0.05) is 35.3 Å². The van der Waals surface area contributed by atoms with Crippen LogP contribution in [-0.4, -0.2) is 66.8 Å². The molecule has 0 aromatic heterocycles. The zero-order chi connectivity index (χ0) is 27.2. The Morgan fingerprint density at radius 3 is 2.61 bits per heavy atom. The van der Waals surface area contributed by atoms with Gasteiger partial charge in [-0.15, -0.1) is 6.58 Å². The minimum atomic E-state index is -0.509. The highest BCUT2D eigenvalue weighted by atomic mass is 35.5. The minimum Gasteiger partial charge on any atom is -0.493 e. The third-order valence-corrected chi connectivity index (χ3v) is 7.58. The van der Waals surface area contributed by atoms with E-state index in [4.69, 9.17) is 37.4 Å². The number of ether oxygens (including phenoxy) is 3. The molecule has 0 N–H and O–H groups in total. The Kier molecular flexibility index (Phi) is 9.38. The van der Waals surface area contributed by atoms with Gasteiger partial charge in [0.1, 0.15) is 13.2 Å². The first-order chi connectivity index (χ1) is 18.3. The van der Waals surface area contributed by atoms with Gasteiger partial charge >= 0.3 is 0 Å². The van der Waals surface area contributed by atoms with Crippen molar-refractivity contribution in [1.29, 1.82) is 0 Å². The normalized spacial score (nSPS) is 16.8. The van der Waals surface area contributed by atoms with E-state index in [0.717, 1.165) is 27.8 Å². The van der Waals surface area contributed by atoms with Crippen molar-refractivity contribution in [2.24, 2.45) is 0 Å². The number of carbonyl (C=O) groups is 3. The third-order valence-electron chi connectivity index (χ3n) is 5.93. The van der Waals surface area contributed by atoms with Crippen LogP contribution < -0.4 is 9.47 Å². The molecule has 2 saturated heterocycles. The van der Waals surface area contributed by atoms with Crippen LogP contribution in [0, 0.1) is 0 Å². The molecular weight excluding hydrogens is 551 g/mol. The molecule has 0 bridgehead atoms. The Bertz CT molecular complexity index is 1290. The molecule has 0 aliphatic carbocycles. The van der Waals surface area contributed by atoms with Crippen molar-refractivity contribution in [3.05, 3.63) is 74.6 Å². The molecule has 0 radical (unpaired) electrons. The van der Waals surface area contributed by atoms with Crippen LogP contribution in [0.2, 0.25) is 10.0 Å². The molecule has 2 aliphatic rings. The SMILES string of the molecule is C=CCc1cc(/C=C2/SC(=O)N(CC(=O)N3CCOCC3)C2=O)cc(OC)c1OCc1ccc(Cl)c(Cl)c1. The van der Waals surface area contributed by atoms with Gasteiger partial charge < -0.3 is 19.1 Å². The van der Waals surface area contributed by atoms with Crippen molar-refractivity contribution in [3.8, 4) is 11.5 Å². The summed E-state index contributed by atoms with van der Waals surface area (Å²) in [6, 6.07) is 8.83. The molecule has 200 valence electrons. The number of methoxy groups -OCH3 is 1. The highest BCUT2D eigenvalue weighted by molar-refractivity contribution is 8.18. The highest BCUT2D eigenvalue weighted by Gasteiger charge is 2.37. The fourth-order valence-corrected chi connectivity index (χ4v) is 5.17. The van der Waals surface area contributed by atoms with E-state index in [1.807, 2.05) is 12.1 Å². The van der Waals surface area contributed by atoms with Gasteiger partial charge in [-0.3, -0.25) is 19.3 Å². The summed E-state index contributed by atoms with van der Waals surface area (Å²) in [6.45, 7) is 5.52. The quantitative estimate of drug-likeness (QED) is 0.299. The molecule has 2 aliphatic heterocycles. The second-order valence-electron chi connectivity index (χ2n) is 8.50. The molecule has 2 aromatic carbocycles. The van der Waals surface area contributed by atoms with Crippen molar-refractivity contribution < 1.29 is 28.6 Å². The van der Waals surface area contributed by atoms with Gasteiger partial charge in [-0.05, 0) is 59.7 Å². The van der Waals surface area contributed by atoms with Crippen molar-refractivity contribution in [1.82, 2.24) is 9.80 Å². The maximum atomic E-state index is 13.0. The van der Waals surface area contributed by atoms with Crippen LogP contribution >= 0.6 is 35.0 Å². The number of hydrogen-bond donors (Lipinski definition) is 0. The van der Waals surface area contributed by atoms with E-state index in [0.29, 0.717) is 59.8 Å². The second kappa shape index (κ2) is 12.7. The van der Waals surface area contributed by atoms with E-state index in [9.17, 15) is 14.4 Å². The summed E-state index contributed by atoms with van der Waals surface area (Å²) in [5.74, 6) is 0.193. The van der Waals surface area contributed by atoms with Crippen LogP contribution in [-0.2, 0) is 27.4 Å². The Balaban J connectivity index is 1.54. The predicted molar refractivity (Wildman–Crippen MR) is 148 cm³/mol. The van der Waals surface area contributed by atoms with Gasteiger partial charge in [0, 0.05) is 18.7 Å². The maximum absolute atomic E-state index is 13.0. The first-order valence-electron chi connectivity index (χ1n) is 11.8. The van der Waals surface area contributed by atoms with Crippen molar-refractivity contribution in [2.45, 2.75) is 13.0 Å². The van der Waals surface area contributed by atoms with Crippen LogP contribution in [0.5, 0.6) is 11.5 Å². The molecule has 2 aromatic rings. The molecule has 4 rings (SSSR count). The molecule has 0 atom stereocenters. The number of nitrogens with zero attached hydrogens (tertiary/aromatic N) is 2. The van der Waals surface area contributed by atoms with Crippen molar-refractivity contribution in [2.75, 3.05) is 40.0 Å². The minimum absolute atomic E-state index is 0.223. The largest absolute Gasteiger partial charge is 0.493 e. The van der Waals surface area contributed by atoms with E-state index in [1.54, 1.807) is 35.3 Å². The summed E-state index contributed by atoms with van der Waals surface area (Å²) in [7, 11) is 1.52. The number of halogens is 2. The first kappa shape index (κ1) is 28.0. The lowest BCUT2D eigenvalue weighted by molar-refractivity contribution is -0.139. The number of morpholine rings is 1. The predicted octanol–water partition coefficient (Wildman–Crippen LogP) is 5.20. The Morgan fingerprint density at radius 2 is 1.92 bits per heavy atom. The summed E-state index contributed by atoms with van der Waals surface area (Å²) in [5, 5.41) is 0.407. The van der Waals surface area contributed by atoms with Crippen LogP contribution in [0.15, 0.2) is 47.9 Å². The number of imide groups is 1. The third kappa shape index (κ3) is 6.53. The fraction of sp³-hybridized carbons (Fsp3) is 0.296. The summed E-state index contributed by atoms with van der Waals surface area (Å²) >= 11 is 12.9. The Hall–Kier alpha value is -2.98. The fourth-order valence-electron chi connectivity index (χ4n) is 4.01. The standard InChI is InChI=1S/C27H26Cl2N2O6S/c1-3-4-19-11-18(13-22(35-2)25(19)37-16-17-5-6-20(28)21(29)12-17)14-23-26(33)31(27(34)38-23)15-24(32)30-7-9-36-10-8-30/h3,5-6,11-14H,1,4,7-10,15-16H2,2H3/b23-14+. The molecular formula is C27H26Cl2N2O6S. The molecule has 38 heavy (non-hydrogen) atoms. The lowest BCUT2D eigenvalue weighted by Gasteiger charge is -2.28. The van der Waals surface area contributed by atoms with Crippen molar-refractivity contribution in [3.63, 3.8) is 0 Å². The lowest BCUT2D eigenvalue weighted by atomic mass is 10.0. The summed E-state index contributed by atoms with van der Waals surface area (Å²) in [4.78, 5) is 41.0. The molecule has 0 unspecified atom stereocenters. The maximum Gasteiger partial charge on any atom is 0.294 e. The molecule has 11 heteroatoms. The number of hydrogen-bond acceptors (Lipinski definition) is 7. The smallest absolute Gasteiger partial charge is 0.294 e. The van der Waals surface area contributed by atoms with Gasteiger partial charge in [-0.2, -0.15) is 0 Å². The molecule has 0 saturated carbocycles. The number of carbonyl (C=O) groups excluding carboxylic acids is 3. The van der Waals surface area contributed by atoms with E-state index in [1.165, 1.54) is 7.11 Å². The number of benzene rings is 2. The highest BCUT2D eigenvalue weighted by Crippen LogP contribution is 2.38. The molecule has 0 spiro atoms. The number of thioether (sulfide) groups is 1. The van der Waals surface area contributed by atoms with Crippen LogP contribution in [0.1, 0.15) is 16.7 Å². The van der Waals surface area contributed by atoms with Crippen LogP contribution in [0.3, 0.4) is 0 Å². The van der Waals surface area contributed by atoms with Gasteiger partial charge in [0.2, 0.25) is 5.91 Å². The molecule has 8 nitrogen and oxygen atoms in total.